The van der Waals surface area contributed by atoms with E-state index in [2.05, 4.69) is 6.92 Å². The van der Waals surface area contributed by atoms with Crippen LogP contribution in [0.15, 0.2) is 6.07 Å². The van der Waals surface area contributed by atoms with Crippen molar-refractivity contribution < 1.29 is 14.2 Å². The van der Waals surface area contributed by atoms with E-state index in [0.717, 1.165) is 12.0 Å². The highest BCUT2D eigenvalue weighted by Crippen LogP contribution is 2.47. The molecular weight excluding hydrogens is 254 g/mol. The van der Waals surface area contributed by atoms with E-state index >= 15 is 0 Å². The first kappa shape index (κ1) is 13.3. The summed E-state index contributed by atoms with van der Waals surface area (Å²) in [5.74, 6) is 2.18. The van der Waals surface area contributed by atoms with Gasteiger partial charge in [-0.25, -0.2) is 0 Å². The van der Waals surface area contributed by atoms with Crippen molar-refractivity contribution in [2.45, 2.75) is 19.3 Å². The fourth-order valence-corrected chi connectivity index (χ4v) is 2.46. The lowest BCUT2D eigenvalue weighted by Crippen LogP contribution is -2.17. The van der Waals surface area contributed by atoms with Gasteiger partial charge in [-0.05, 0) is 24.9 Å². The van der Waals surface area contributed by atoms with E-state index in [4.69, 9.17) is 31.5 Å². The molecule has 0 aromatic heterocycles. The van der Waals surface area contributed by atoms with Crippen LogP contribution in [0, 0.1) is 0 Å². The molecular formula is C13H18ClNO3. The number of methoxy groups -OCH3 is 1. The zero-order valence-electron chi connectivity index (χ0n) is 10.7. The Labute approximate surface area is 112 Å². The van der Waals surface area contributed by atoms with Gasteiger partial charge in [-0.15, -0.1) is 0 Å². The molecule has 0 saturated heterocycles. The number of fused-ring (bicyclic) bond motifs is 1. The van der Waals surface area contributed by atoms with Gasteiger partial charge in [-0.2, -0.15) is 0 Å². The van der Waals surface area contributed by atoms with Crippen molar-refractivity contribution >= 4 is 11.6 Å². The lowest BCUT2D eigenvalue weighted by atomic mass is 9.96. The largest absolute Gasteiger partial charge is 0.495 e. The molecule has 5 heteroatoms. The summed E-state index contributed by atoms with van der Waals surface area (Å²) in [7, 11) is 1.61. The molecule has 1 atom stereocenters. The summed E-state index contributed by atoms with van der Waals surface area (Å²) < 4.78 is 16.5. The van der Waals surface area contributed by atoms with E-state index in [1.54, 1.807) is 7.11 Å². The van der Waals surface area contributed by atoms with Crippen LogP contribution in [0.5, 0.6) is 17.2 Å². The summed E-state index contributed by atoms with van der Waals surface area (Å²) in [4.78, 5) is 0. The van der Waals surface area contributed by atoms with E-state index in [1.165, 1.54) is 0 Å². The Morgan fingerprint density at radius 1 is 1.44 bits per heavy atom. The normalized spacial score (nSPS) is 15.3. The van der Waals surface area contributed by atoms with Gasteiger partial charge in [0.15, 0.2) is 11.5 Å². The average Bonchev–Trinajstić information content (AvgIpc) is 2.39. The number of ether oxygens (including phenoxy) is 3. The Kier molecular flexibility index (Phi) is 4.19. The van der Waals surface area contributed by atoms with Crippen LogP contribution in [0.25, 0.3) is 0 Å². The molecule has 1 aromatic rings. The Morgan fingerprint density at radius 3 is 2.83 bits per heavy atom. The van der Waals surface area contributed by atoms with Crippen molar-refractivity contribution in [3.63, 3.8) is 0 Å². The molecule has 0 fully saturated rings. The van der Waals surface area contributed by atoms with E-state index in [9.17, 15) is 0 Å². The molecule has 1 unspecified atom stereocenters. The van der Waals surface area contributed by atoms with Crippen molar-refractivity contribution in [3.8, 4) is 17.2 Å². The molecule has 0 amide bonds. The number of halogens is 1. The predicted octanol–water partition coefficient (Wildman–Crippen LogP) is 2.57. The monoisotopic (exact) mass is 271 g/mol. The minimum Gasteiger partial charge on any atom is -0.495 e. The molecule has 1 heterocycles. The highest BCUT2D eigenvalue weighted by Gasteiger charge is 2.24. The summed E-state index contributed by atoms with van der Waals surface area (Å²) >= 11 is 6.31. The van der Waals surface area contributed by atoms with Crippen LogP contribution >= 0.6 is 11.6 Å². The second-order valence-corrected chi connectivity index (χ2v) is 4.69. The SMILES string of the molecule is COc1c(C(C)CCN)cc2c(c1Cl)OCCO2. The third kappa shape index (κ3) is 2.35. The minimum atomic E-state index is 0.262. The first-order valence-electron chi connectivity index (χ1n) is 6.05. The van der Waals surface area contributed by atoms with Crippen molar-refractivity contribution in [1.82, 2.24) is 0 Å². The Hall–Kier alpha value is -1.13. The highest BCUT2D eigenvalue weighted by atomic mass is 35.5. The van der Waals surface area contributed by atoms with Gasteiger partial charge in [0.2, 0.25) is 0 Å². The number of rotatable bonds is 4. The first-order valence-corrected chi connectivity index (χ1v) is 6.42. The van der Waals surface area contributed by atoms with Gasteiger partial charge in [-0.1, -0.05) is 18.5 Å². The molecule has 0 aliphatic carbocycles. The topological polar surface area (TPSA) is 53.7 Å². The van der Waals surface area contributed by atoms with Crippen molar-refractivity contribution in [2.24, 2.45) is 5.73 Å². The number of hydrogen-bond donors (Lipinski definition) is 1. The van der Waals surface area contributed by atoms with E-state index in [0.29, 0.717) is 42.0 Å². The highest BCUT2D eigenvalue weighted by molar-refractivity contribution is 6.34. The Bertz CT molecular complexity index is 437. The van der Waals surface area contributed by atoms with Crippen molar-refractivity contribution in [3.05, 3.63) is 16.7 Å². The maximum absolute atomic E-state index is 6.31. The van der Waals surface area contributed by atoms with Gasteiger partial charge in [0, 0.05) is 5.56 Å². The number of benzene rings is 1. The van der Waals surface area contributed by atoms with Crippen LogP contribution in [0.2, 0.25) is 5.02 Å². The molecule has 2 rings (SSSR count). The summed E-state index contributed by atoms with van der Waals surface area (Å²) in [5.41, 5.74) is 6.62. The lowest BCUT2D eigenvalue weighted by molar-refractivity contribution is 0.170. The third-order valence-corrected chi connectivity index (χ3v) is 3.44. The first-order chi connectivity index (χ1) is 8.69. The maximum atomic E-state index is 6.31. The summed E-state index contributed by atoms with van der Waals surface area (Å²) in [6.07, 6.45) is 0.867. The maximum Gasteiger partial charge on any atom is 0.183 e. The molecule has 100 valence electrons. The lowest BCUT2D eigenvalue weighted by Gasteiger charge is -2.24. The van der Waals surface area contributed by atoms with Gasteiger partial charge in [0.25, 0.3) is 0 Å². The zero-order valence-corrected chi connectivity index (χ0v) is 11.4. The molecule has 1 aliphatic rings. The number of nitrogens with two attached hydrogens (primary N) is 1. The van der Waals surface area contributed by atoms with E-state index < -0.39 is 0 Å². The average molecular weight is 272 g/mol. The van der Waals surface area contributed by atoms with Crippen LogP contribution in [-0.2, 0) is 0 Å². The molecule has 1 aliphatic heterocycles. The Balaban J connectivity index is 2.48. The molecule has 0 bridgehead atoms. The number of hydrogen-bond acceptors (Lipinski definition) is 4. The van der Waals surface area contributed by atoms with Crippen LogP contribution in [0.4, 0.5) is 0 Å². The second-order valence-electron chi connectivity index (χ2n) is 4.32. The fraction of sp³-hybridized carbons (Fsp3) is 0.538. The van der Waals surface area contributed by atoms with E-state index in [-0.39, 0.29) is 5.92 Å². The summed E-state index contributed by atoms with van der Waals surface area (Å²) in [5, 5.41) is 0.480. The minimum absolute atomic E-state index is 0.262. The summed E-state index contributed by atoms with van der Waals surface area (Å²) in [6, 6.07) is 1.94. The third-order valence-electron chi connectivity index (χ3n) is 3.09. The molecule has 2 N–H and O–H groups in total. The van der Waals surface area contributed by atoms with Gasteiger partial charge >= 0.3 is 0 Å². The quantitative estimate of drug-likeness (QED) is 0.914. The molecule has 18 heavy (non-hydrogen) atoms. The van der Waals surface area contributed by atoms with Crippen LogP contribution < -0.4 is 19.9 Å². The molecule has 0 spiro atoms. The zero-order chi connectivity index (χ0) is 13.1. The second kappa shape index (κ2) is 5.67. The molecule has 0 saturated carbocycles. The standard InChI is InChI=1S/C13H18ClNO3/c1-8(3-4-15)9-7-10-13(18-6-5-17-10)11(14)12(9)16-2/h7-8H,3-6,15H2,1-2H3. The van der Waals surface area contributed by atoms with Gasteiger partial charge in [-0.3, -0.25) is 0 Å². The van der Waals surface area contributed by atoms with Crippen molar-refractivity contribution in [1.29, 1.82) is 0 Å². The predicted molar refractivity (Wildman–Crippen MR) is 71.1 cm³/mol. The smallest absolute Gasteiger partial charge is 0.183 e. The van der Waals surface area contributed by atoms with Crippen LogP contribution in [-0.4, -0.2) is 26.9 Å². The van der Waals surface area contributed by atoms with Crippen LogP contribution in [0.3, 0.4) is 0 Å². The fourth-order valence-electron chi connectivity index (χ4n) is 2.13. The molecule has 1 aromatic carbocycles. The van der Waals surface area contributed by atoms with Gasteiger partial charge < -0.3 is 19.9 Å². The Morgan fingerprint density at radius 2 is 2.17 bits per heavy atom. The van der Waals surface area contributed by atoms with Gasteiger partial charge in [0.05, 0.1) is 7.11 Å². The van der Waals surface area contributed by atoms with E-state index in [1.807, 2.05) is 6.07 Å². The molecule has 4 nitrogen and oxygen atoms in total. The van der Waals surface area contributed by atoms with Gasteiger partial charge in [0.1, 0.15) is 24.0 Å². The van der Waals surface area contributed by atoms with Crippen LogP contribution in [0.1, 0.15) is 24.8 Å². The van der Waals surface area contributed by atoms with Crippen molar-refractivity contribution in [2.75, 3.05) is 26.9 Å². The molecule has 0 radical (unpaired) electrons. The summed E-state index contributed by atoms with van der Waals surface area (Å²) in [6.45, 7) is 3.77.